The van der Waals surface area contributed by atoms with E-state index in [0.29, 0.717) is 5.92 Å². The van der Waals surface area contributed by atoms with Gasteiger partial charge >= 0.3 is 0 Å². The van der Waals surface area contributed by atoms with Crippen molar-refractivity contribution in [3.63, 3.8) is 0 Å². The molecule has 29 heavy (non-hydrogen) atoms. The van der Waals surface area contributed by atoms with Gasteiger partial charge in [-0.25, -0.2) is 0 Å². The number of benzene rings is 1. The summed E-state index contributed by atoms with van der Waals surface area (Å²) in [5.41, 5.74) is 6.24. The molecule has 3 heterocycles. The van der Waals surface area contributed by atoms with Gasteiger partial charge in [0, 0.05) is 37.1 Å². The van der Waals surface area contributed by atoms with Gasteiger partial charge in [0.15, 0.2) is 0 Å². The fourth-order valence-electron chi connectivity index (χ4n) is 4.27. The van der Waals surface area contributed by atoms with E-state index in [-0.39, 0.29) is 0 Å². The Bertz CT molecular complexity index is 957. The van der Waals surface area contributed by atoms with Gasteiger partial charge in [-0.05, 0) is 80.7 Å². The number of methoxy groups -OCH3 is 1. The van der Waals surface area contributed by atoms with E-state index in [1.165, 1.54) is 22.5 Å². The van der Waals surface area contributed by atoms with Gasteiger partial charge in [0.25, 0.3) is 0 Å². The molecule has 0 saturated carbocycles. The van der Waals surface area contributed by atoms with Crippen LogP contribution in [0.15, 0.2) is 48.7 Å². The maximum Gasteiger partial charge on any atom is 0.119 e. The lowest BCUT2D eigenvalue weighted by atomic mass is 9.91. The number of ether oxygens (including phenoxy) is 1. The van der Waals surface area contributed by atoms with Crippen molar-refractivity contribution in [2.75, 3.05) is 20.2 Å². The molecule has 5 heteroatoms. The smallest absolute Gasteiger partial charge is 0.119 e. The number of aromatic nitrogens is 3. The van der Waals surface area contributed by atoms with E-state index in [2.05, 4.69) is 53.3 Å². The van der Waals surface area contributed by atoms with Crippen LogP contribution >= 0.6 is 0 Å². The van der Waals surface area contributed by atoms with Crippen molar-refractivity contribution in [3.05, 3.63) is 76.9 Å². The second kappa shape index (κ2) is 8.78. The molecule has 2 aromatic heterocycles. The van der Waals surface area contributed by atoms with Crippen LogP contribution in [0.3, 0.4) is 0 Å². The molecule has 0 atom stereocenters. The molecule has 1 fully saturated rings. The Balaban J connectivity index is 1.42. The molecule has 152 valence electrons. The number of pyridine rings is 1. The van der Waals surface area contributed by atoms with Crippen LogP contribution in [0.25, 0.3) is 0 Å². The third-order valence-corrected chi connectivity index (χ3v) is 5.89. The molecule has 3 aromatic rings. The van der Waals surface area contributed by atoms with Gasteiger partial charge < -0.3 is 4.74 Å². The van der Waals surface area contributed by atoms with Crippen molar-refractivity contribution < 1.29 is 4.74 Å². The largest absolute Gasteiger partial charge is 0.497 e. The Morgan fingerprint density at radius 2 is 1.90 bits per heavy atom. The van der Waals surface area contributed by atoms with Crippen molar-refractivity contribution in [1.29, 1.82) is 0 Å². The minimum Gasteiger partial charge on any atom is -0.497 e. The van der Waals surface area contributed by atoms with Crippen LogP contribution in [-0.2, 0) is 20.0 Å². The van der Waals surface area contributed by atoms with E-state index in [1.807, 2.05) is 24.0 Å². The van der Waals surface area contributed by atoms with Crippen LogP contribution in [0, 0.1) is 6.92 Å². The Morgan fingerprint density at radius 1 is 1.07 bits per heavy atom. The van der Waals surface area contributed by atoms with Crippen LogP contribution in [-0.4, -0.2) is 39.9 Å². The van der Waals surface area contributed by atoms with E-state index >= 15 is 0 Å². The number of hydrogen-bond donors (Lipinski definition) is 0. The molecule has 0 aliphatic carbocycles. The predicted molar refractivity (Wildman–Crippen MR) is 115 cm³/mol. The summed E-state index contributed by atoms with van der Waals surface area (Å²) >= 11 is 0. The monoisotopic (exact) mass is 390 g/mol. The number of likely N-dealkylation sites (tertiary alicyclic amines) is 1. The Morgan fingerprint density at radius 3 is 2.62 bits per heavy atom. The molecule has 0 amide bonds. The maximum atomic E-state index is 5.37. The highest BCUT2D eigenvalue weighted by Crippen LogP contribution is 2.29. The average molecular weight is 391 g/mol. The van der Waals surface area contributed by atoms with E-state index in [4.69, 9.17) is 9.72 Å². The second-order valence-corrected chi connectivity index (χ2v) is 8.07. The first-order valence-corrected chi connectivity index (χ1v) is 10.4. The van der Waals surface area contributed by atoms with E-state index in [9.17, 15) is 0 Å². The first kappa shape index (κ1) is 19.6. The zero-order valence-corrected chi connectivity index (χ0v) is 17.6. The molecule has 0 radical (unpaired) electrons. The van der Waals surface area contributed by atoms with Crippen LogP contribution in [0.2, 0.25) is 0 Å². The summed E-state index contributed by atoms with van der Waals surface area (Å²) < 4.78 is 7.34. The standard InChI is InChI=1S/C24H30N4O/c1-18-13-20(14-19-5-4-6-23(15-19)29-3)16-24(26-18)21-8-11-28(12-9-21)17-22-7-10-25-27(22)2/h4-7,10,13,15-16,21H,8-9,11-12,14,17H2,1-3H3. The molecule has 1 aromatic carbocycles. The quantitative estimate of drug-likeness (QED) is 0.635. The van der Waals surface area contributed by atoms with Crippen molar-refractivity contribution in [1.82, 2.24) is 19.7 Å². The Labute approximate surface area is 173 Å². The lowest BCUT2D eigenvalue weighted by molar-refractivity contribution is 0.199. The highest BCUT2D eigenvalue weighted by Gasteiger charge is 2.22. The normalized spacial score (nSPS) is 15.6. The minimum atomic E-state index is 0.543. The van der Waals surface area contributed by atoms with E-state index in [0.717, 1.165) is 50.3 Å². The predicted octanol–water partition coefficient (Wildman–Crippen LogP) is 4.10. The van der Waals surface area contributed by atoms with Gasteiger partial charge in [-0.15, -0.1) is 0 Å². The van der Waals surface area contributed by atoms with Gasteiger partial charge in [-0.1, -0.05) is 12.1 Å². The molecule has 1 aliphatic heterocycles. The SMILES string of the molecule is COc1cccc(Cc2cc(C)nc(C3CCN(Cc4ccnn4C)CC3)c2)c1. The lowest BCUT2D eigenvalue weighted by Crippen LogP contribution is -2.33. The molecule has 0 N–H and O–H groups in total. The summed E-state index contributed by atoms with van der Waals surface area (Å²) in [7, 11) is 3.73. The molecular formula is C24H30N4O. The highest BCUT2D eigenvalue weighted by atomic mass is 16.5. The Kier molecular flexibility index (Phi) is 5.95. The molecule has 0 unspecified atom stereocenters. The first-order chi connectivity index (χ1) is 14.1. The lowest BCUT2D eigenvalue weighted by Gasteiger charge is -2.31. The zero-order chi connectivity index (χ0) is 20.2. The van der Waals surface area contributed by atoms with Crippen LogP contribution in [0.1, 0.15) is 47.0 Å². The van der Waals surface area contributed by atoms with Crippen molar-refractivity contribution >= 4 is 0 Å². The first-order valence-electron chi connectivity index (χ1n) is 10.4. The average Bonchev–Trinajstić information content (AvgIpc) is 3.13. The van der Waals surface area contributed by atoms with Crippen molar-refractivity contribution in [2.45, 2.75) is 38.6 Å². The summed E-state index contributed by atoms with van der Waals surface area (Å²) in [6.45, 7) is 5.30. The summed E-state index contributed by atoms with van der Waals surface area (Å²) in [4.78, 5) is 7.42. The Hall–Kier alpha value is -2.66. The van der Waals surface area contributed by atoms with Crippen LogP contribution < -0.4 is 4.74 Å². The molecule has 1 saturated heterocycles. The van der Waals surface area contributed by atoms with Gasteiger partial charge in [-0.3, -0.25) is 14.6 Å². The third-order valence-electron chi connectivity index (χ3n) is 5.89. The maximum absolute atomic E-state index is 5.37. The zero-order valence-electron chi connectivity index (χ0n) is 17.6. The molecule has 4 rings (SSSR count). The number of rotatable bonds is 6. The number of nitrogens with zero attached hydrogens (tertiary/aromatic N) is 4. The number of aryl methyl sites for hydroxylation is 2. The van der Waals surface area contributed by atoms with Gasteiger partial charge in [0.2, 0.25) is 0 Å². The molecule has 1 aliphatic rings. The molecule has 0 bridgehead atoms. The van der Waals surface area contributed by atoms with Gasteiger partial charge in [0.05, 0.1) is 12.8 Å². The minimum absolute atomic E-state index is 0.543. The highest BCUT2D eigenvalue weighted by molar-refractivity contribution is 5.34. The fraction of sp³-hybridized carbons (Fsp3) is 0.417. The second-order valence-electron chi connectivity index (χ2n) is 8.07. The molecule has 0 spiro atoms. The van der Waals surface area contributed by atoms with E-state index in [1.54, 1.807) is 7.11 Å². The van der Waals surface area contributed by atoms with E-state index < -0.39 is 0 Å². The summed E-state index contributed by atoms with van der Waals surface area (Å²) in [5.74, 6) is 1.45. The number of piperidine rings is 1. The fourth-order valence-corrected chi connectivity index (χ4v) is 4.27. The third kappa shape index (κ3) is 4.85. The van der Waals surface area contributed by atoms with Crippen molar-refractivity contribution in [2.24, 2.45) is 7.05 Å². The summed E-state index contributed by atoms with van der Waals surface area (Å²) in [6, 6.07) is 15.0. The number of hydrogen-bond acceptors (Lipinski definition) is 4. The van der Waals surface area contributed by atoms with Crippen LogP contribution in [0.5, 0.6) is 5.75 Å². The molecular weight excluding hydrogens is 360 g/mol. The summed E-state index contributed by atoms with van der Waals surface area (Å²) in [5, 5.41) is 4.28. The summed E-state index contributed by atoms with van der Waals surface area (Å²) in [6.07, 6.45) is 5.11. The van der Waals surface area contributed by atoms with Crippen molar-refractivity contribution in [3.8, 4) is 5.75 Å². The van der Waals surface area contributed by atoms with Gasteiger partial charge in [0.1, 0.15) is 5.75 Å². The molecule has 5 nitrogen and oxygen atoms in total. The van der Waals surface area contributed by atoms with Gasteiger partial charge in [-0.2, -0.15) is 5.10 Å². The van der Waals surface area contributed by atoms with Crippen LogP contribution in [0.4, 0.5) is 0 Å². The topological polar surface area (TPSA) is 43.2 Å².